The van der Waals surface area contributed by atoms with E-state index in [4.69, 9.17) is 4.74 Å². The second-order valence-corrected chi connectivity index (χ2v) is 9.80. The summed E-state index contributed by atoms with van der Waals surface area (Å²) in [5, 5.41) is 21.6. The van der Waals surface area contributed by atoms with Gasteiger partial charge in [-0.15, -0.1) is 5.10 Å². The standard InChI is InChI=1S/C28H29F3N6O4/c1-4-41-22-13-19(25(40)35-27(2,3)16-38)9-11-21(22)33-26-34-23-12-10-20(14-37(23)36-26)17-5-7-18(8-6-17)24(39)32-15-28(29,30)31/h5-14,38H,4,15-16H2,1-3H3,(H,32,39)(H,33,36)(H,35,40). The van der Waals surface area contributed by atoms with Crippen LogP contribution in [0.5, 0.6) is 5.75 Å². The van der Waals surface area contributed by atoms with Crippen molar-refractivity contribution in [2.24, 2.45) is 0 Å². The Morgan fingerprint density at radius 3 is 2.32 bits per heavy atom. The summed E-state index contributed by atoms with van der Waals surface area (Å²) in [5.41, 5.74) is 2.23. The molecule has 2 heterocycles. The molecular weight excluding hydrogens is 541 g/mol. The van der Waals surface area contributed by atoms with Crippen molar-refractivity contribution < 1.29 is 32.6 Å². The zero-order valence-electron chi connectivity index (χ0n) is 22.5. The average Bonchev–Trinajstić information content (AvgIpc) is 3.34. The second-order valence-electron chi connectivity index (χ2n) is 9.80. The number of aliphatic hydroxyl groups excluding tert-OH is 1. The number of amides is 2. The topological polar surface area (TPSA) is 130 Å². The van der Waals surface area contributed by atoms with Crippen molar-refractivity contribution in [1.82, 2.24) is 25.2 Å². The molecule has 0 fully saturated rings. The van der Waals surface area contributed by atoms with E-state index in [2.05, 4.69) is 20.7 Å². The fourth-order valence-corrected chi connectivity index (χ4v) is 3.78. The Morgan fingerprint density at radius 1 is 0.976 bits per heavy atom. The van der Waals surface area contributed by atoms with Gasteiger partial charge in [-0.25, -0.2) is 4.52 Å². The summed E-state index contributed by atoms with van der Waals surface area (Å²) in [5.74, 6) is -0.477. The van der Waals surface area contributed by atoms with Gasteiger partial charge < -0.3 is 25.8 Å². The predicted octanol–water partition coefficient (Wildman–Crippen LogP) is 4.33. The number of aliphatic hydroxyl groups is 1. The highest BCUT2D eigenvalue weighted by Gasteiger charge is 2.28. The zero-order chi connectivity index (χ0) is 29.8. The number of aromatic nitrogens is 3. The van der Waals surface area contributed by atoms with E-state index in [9.17, 15) is 27.9 Å². The summed E-state index contributed by atoms with van der Waals surface area (Å²) in [7, 11) is 0. The van der Waals surface area contributed by atoms with E-state index in [1.165, 1.54) is 12.1 Å². The van der Waals surface area contributed by atoms with E-state index >= 15 is 0 Å². The first-order chi connectivity index (χ1) is 19.4. The lowest BCUT2D eigenvalue weighted by Gasteiger charge is -2.23. The van der Waals surface area contributed by atoms with Gasteiger partial charge in [-0.1, -0.05) is 12.1 Å². The third kappa shape index (κ3) is 7.51. The Bertz CT molecular complexity index is 1550. The Labute approximate surface area is 233 Å². The van der Waals surface area contributed by atoms with Gasteiger partial charge in [-0.3, -0.25) is 9.59 Å². The van der Waals surface area contributed by atoms with Crippen LogP contribution in [0.3, 0.4) is 0 Å². The highest BCUT2D eigenvalue weighted by Crippen LogP contribution is 2.29. The first kappa shape index (κ1) is 29.3. The van der Waals surface area contributed by atoms with Gasteiger partial charge in [0.1, 0.15) is 12.3 Å². The molecule has 0 unspecified atom stereocenters. The van der Waals surface area contributed by atoms with Crippen LogP contribution < -0.4 is 20.7 Å². The number of carbonyl (C=O) groups excluding carboxylic acids is 2. The molecule has 0 aliphatic rings. The van der Waals surface area contributed by atoms with E-state index in [0.717, 1.165) is 11.1 Å². The maximum absolute atomic E-state index is 12.6. The number of fused-ring (bicyclic) bond motifs is 1. The van der Waals surface area contributed by atoms with Crippen molar-refractivity contribution in [3.05, 3.63) is 71.9 Å². The molecule has 0 spiro atoms. The van der Waals surface area contributed by atoms with Crippen molar-refractivity contribution in [2.45, 2.75) is 32.5 Å². The number of carbonyl (C=O) groups is 2. The molecule has 4 aromatic rings. The molecule has 2 aromatic carbocycles. The van der Waals surface area contributed by atoms with Gasteiger partial charge in [0.15, 0.2) is 5.65 Å². The Morgan fingerprint density at radius 2 is 1.66 bits per heavy atom. The molecule has 0 saturated heterocycles. The van der Waals surface area contributed by atoms with E-state index < -0.39 is 24.2 Å². The highest BCUT2D eigenvalue weighted by molar-refractivity contribution is 5.96. The monoisotopic (exact) mass is 570 g/mol. The summed E-state index contributed by atoms with van der Waals surface area (Å²) >= 11 is 0. The zero-order valence-corrected chi connectivity index (χ0v) is 22.5. The van der Waals surface area contributed by atoms with Crippen LogP contribution in [-0.4, -0.2) is 63.0 Å². The Balaban J connectivity index is 1.51. The van der Waals surface area contributed by atoms with Crippen LogP contribution >= 0.6 is 0 Å². The number of hydrogen-bond acceptors (Lipinski definition) is 7. The first-order valence-electron chi connectivity index (χ1n) is 12.7. The lowest BCUT2D eigenvalue weighted by molar-refractivity contribution is -0.123. The molecule has 0 radical (unpaired) electrons. The maximum Gasteiger partial charge on any atom is 0.405 e. The fraction of sp³-hybridized carbons (Fsp3) is 0.286. The lowest BCUT2D eigenvalue weighted by Crippen LogP contribution is -2.46. The van der Waals surface area contributed by atoms with Crippen molar-refractivity contribution in [3.63, 3.8) is 0 Å². The number of pyridine rings is 1. The highest BCUT2D eigenvalue weighted by atomic mass is 19.4. The van der Waals surface area contributed by atoms with Gasteiger partial charge >= 0.3 is 6.18 Å². The smallest absolute Gasteiger partial charge is 0.405 e. The minimum atomic E-state index is -4.49. The molecular formula is C28H29F3N6O4. The molecule has 13 heteroatoms. The van der Waals surface area contributed by atoms with Crippen LogP contribution in [0.25, 0.3) is 16.8 Å². The number of ether oxygens (including phenoxy) is 1. The van der Waals surface area contributed by atoms with E-state index in [-0.39, 0.29) is 24.0 Å². The number of rotatable bonds is 10. The number of nitrogens with zero attached hydrogens (tertiary/aromatic N) is 3. The minimum absolute atomic E-state index is 0.108. The van der Waals surface area contributed by atoms with Crippen LogP contribution in [0.4, 0.5) is 24.8 Å². The summed E-state index contributed by atoms with van der Waals surface area (Å²) < 4.78 is 44.4. The van der Waals surface area contributed by atoms with Gasteiger partial charge in [-0.2, -0.15) is 18.2 Å². The van der Waals surface area contributed by atoms with Crippen LogP contribution in [-0.2, 0) is 0 Å². The third-order valence-electron chi connectivity index (χ3n) is 5.90. The maximum atomic E-state index is 12.6. The van der Waals surface area contributed by atoms with Gasteiger partial charge in [0.2, 0.25) is 5.95 Å². The summed E-state index contributed by atoms with van der Waals surface area (Å²) in [4.78, 5) is 29.1. The second kappa shape index (κ2) is 11.8. The quantitative estimate of drug-likeness (QED) is 0.223. The summed E-state index contributed by atoms with van der Waals surface area (Å²) in [6.45, 7) is 3.97. The molecule has 2 aromatic heterocycles. The number of hydrogen-bond donors (Lipinski definition) is 4. The molecule has 2 amide bonds. The molecule has 0 saturated carbocycles. The number of benzene rings is 2. The number of anilines is 2. The molecule has 41 heavy (non-hydrogen) atoms. The SMILES string of the molecule is CCOc1cc(C(=O)NC(C)(C)CO)ccc1Nc1nc2ccc(-c3ccc(C(=O)NCC(F)(F)F)cc3)cn2n1. The molecule has 0 aliphatic heterocycles. The van der Waals surface area contributed by atoms with Crippen LogP contribution in [0, 0.1) is 0 Å². The summed E-state index contributed by atoms with van der Waals surface area (Å²) in [6.07, 6.45) is -2.76. The first-order valence-corrected chi connectivity index (χ1v) is 12.7. The van der Waals surface area contributed by atoms with Gasteiger partial charge in [-0.05, 0) is 68.8 Å². The molecule has 216 valence electrons. The Hall–Kier alpha value is -4.65. The fourth-order valence-electron chi connectivity index (χ4n) is 3.78. The summed E-state index contributed by atoms with van der Waals surface area (Å²) in [6, 6.07) is 14.6. The molecule has 10 nitrogen and oxygen atoms in total. The van der Waals surface area contributed by atoms with E-state index in [0.29, 0.717) is 29.3 Å². The average molecular weight is 571 g/mol. The largest absolute Gasteiger partial charge is 0.492 e. The third-order valence-corrected chi connectivity index (χ3v) is 5.90. The number of nitrogens with one attached hydrogen (secondary N) is 3. The molecule has 0 bridgehead atoms. The predicted molar refractivity (Wildman–Crippen MR) is 146 cm³/mol. The van der Waals surface area contributed by atoms with Crippen molar-refractivity contribution in [1.29, 1.82) is 0 Å². The van der Waals surface area contributed by atoms with Crippen LogP contribution in [0.15, 0.2) is 60.8 Å². The molecule has 4 N–H and O–H groups in total. The van der Waals surface area contributed by atoms with E-state index in [1.54, 1.807) is 67.0 Å². The van der Waals surface area contributed by atoms with Gasteiger partial charge in [0.25, 0.3) is 11.8 Å². The normalized spacial score (nSPS) is 11.8. The van der Waals surface area contributed by atoms with Crippen LogP contribution in [0.2, 0.25) is 0 Å². The van der Waals surface area contributed by atoms with Crippen LogP contribution in [0.1, 0.15) is 41.5 Å². The van der Waals surface area contributed by atoms with E-state index in [1.807, 2.05) is 12.2 Å². The molecule has 0 aliphatic carbocycles. The minimum Gasteiger partial charge on any atom is -0.492 e. The number of halogens is 3. The number of alkyl halides is 3. The van der Waals surface area contributed by atoms with Crippen molar-refractivity contribution in [3.8, 4) is 16.9 Å². The van der Waals surface area contributed by atoms with Crippen molar-refractivity contribution >= 4 is 29.1 Å². The Kier molecular flexibility index (Phi) is 8.47. The van der Waals surface area contributed by atoms with Crippen molar-refractivity contribution in [2.75, 3.05) is 25.1 Å². The molecule has 0 atom stereocenters. The lowest BCUT2D eigenvalue weighted by atomic mass is 10.1. The van der Waals surface area contributed by atoms with Gasteiger partial charge in [0, 0.05) is 22.9 Å². The molecule has 4 rings (SSSR count). The van der Waals surface area contributed by atoms with Gasteiger partial charge in [0.05, 0.1) is 24.4 Å².